The zero-order chi connectivity index (χ0) is 13.9. The van der Waals surface area contributed by atoms with E-state index in [0.29, 0.717) is 0 Å². The van der Waals surface area contributed by atoms with Crippen LogP contribution < -0.4 is 10.6 Å². The molecule has 2 unspecified atom stereocenters. The molecule has 1 aliphatic rings. The highest BCUT2D eigenvalue weighted by atomic mass is 32.1. The highest BCUT2D eigenvalue weighted by Gasteiger charge is 2.29. The number of hydrogen-bond donors (Lipinski definition) is 1. The molecule has 0 spiro atoms. The van der Waals surface area contributed by atoms with E-state index >= 15 is 0 Å². The molecular weight excluding hydrogens is 272 g/mol. The van der Waals surface area contributed by atoms with E-state index < -0.39 is 0 Å². The summed E-state index contributed by atoms with van der Waals surface area (Å²) in [4.78, 5) is 9.12. The lowest BCUT2D eigenvalue weighted by atomic mass is 10.1. The molecule has 1 fully saturated rings. The third-order valence-electron chi connectivity index (χ3n) is 3.73. The number of thiazole rings is 1. The fourth-order valence-corrected chi connectivity index (χ4v) is 3.49. The van der Waals surface area contributed by atoms with Crippen LogP contribution in [0.5, 0.6) is 0 Å². The minimum absolute atomic E-state index is 0.0487. The molecule has 2 N–H and O–H groups in total. The number of hydrogen-bond acceptors (Lipinski definition) is 6. The van der Waals surface area contributed by atoms with Gasteiger partial charge >= 0.3 is 0 Å². The van der Waals surface area contributed by atoms with Crippen molar-refractivity contribution in [2.24, 2.45) is 5.73 Å². The predicted molar refractivity (Wildman–Crippen MR) is 81.0 cm³/mol. The van der Waals surface area contributed by atoms with Gasteiger partial charge < -0.3 is 15.1 Å². The maximum absolute atomic E-state index is 6.16. The van der Waals surface area contributed by atoms with Crippen LogP contribution in [0.1, 0.15) is 18.7 Å². The van der Waals surface area contributed by atoms with E-state index in [9.17, 15) is 0 Å². The summed E-state index contributed by atoms with van der Waals surface area (Å²) in [5.74, 6) is 0.961. The number of rotatable bonds is 4. The Hall–Kier alpha value is -1.37. The van der Waals surface area contributed by atoms with Crippen molar-refractivity contribution in [2.75, 3.05) is 31.1 Å². The van der Waals surface area contributed by atoms with Crippen LogP contribution in [0.25, 0.3) is 0 Å². The second kappa shape index (κ2) is 5.95. The minimum atomic E-state index is 0.0487. The topological polar surface area (TPSA) is 58.5 Å². The van der Waals surface area contributed by atoms with Crippen LogP contribution >= 0.6 is 11.3 Å². The Labute approximate surface area is 123 Å². The third-order valence-corrected chi connectivity index (χ3v) is 4.56. The van der Waals surface area contributed by atoms with Gasteiger partial charge in [-0.1, -0.05) is 0 Å². The van der Waals surface area contributed by atoms with Crippen LogP contribution in [0.4, 0.5) is 5.13 Å². The molecule has 0 aliphatic carbocycles. The average Bonchev–Trinajstić information content (AvgIpc) is 3.12. The molecule has 1 saturated heterocycles. The molecular formula is C14H20N4OS. The first-order valence-corrected chi connectivity index (χ1v) is 7.81. The van der Waals surface area contributed by atoms with Crippen molar-refractivity contribution in [3.8, 4) is 0 Å². The molecule has 0 radical (unpaired) electrons. The second-order valence-corrected chi connectivity index (χ2v) is 6.03. The summed E-state index contributed by atoms with van der Waals surface area (Å²) < 4.78 is 5.56. The van der Waals surface area contributed by atoms with E-state index in [1.165, 1.54) is 0 Å². The summed E-state index contributed by atoms with van der Waals surface area (Å²) in [5.41, 5.74) is 6.16. The number of aromatic nitrogens is 1. The quantitative estimate of drug-likeness (QED) is 0.933. The van der Waals surface area contributed by atoms with E-state index in [2.05, 4.69) is 14.8 Å². The molecule has 108 valence electrons. The maximum Gasteiger partial charge on any atom is 0.185 e. The van der Waals surface area contributed by atoms with E-state index in [0.717, 1.165) is 37.1 Å². The van der Waals surface area contributed by atoms with E-state index in [-0.39, 0.29) is 12.1 Å². The van der Waals surface area contributed by atoms with E-state index in [1.54, 1.807) is 17.6 Å². The number of nitrogens with two attached hydrogens (primary N) is 1. The van der Waals surface area contributed by atoms with E-state index in [1.807, 2.05) is 30.6 Å². The Morgan fingerprint density at radius 1 is 1.35 bits per heavy atom. The van der Waals surface area contributed by atoms with Crippen molar-refractivity contribution in [1.82, 2.24) is 9.88 Å². The molecule has 3 rings (SSSR count). The number of furan rings is 1. The van der Waals surface area contributed by atoms with Crippen molar-refractivity contribution in [3.05, 3.63) is 35.7 Å². The van der Waals surface area contributed by atoms with Gasteiger partial charge in [-0.3, -0.25) is 4.90 Å². The summed E-state index contributed by atoms with van der Waals surface area (Å²) in [6, 6.07) is 4.15. The van der Waals surface area contributed by atoms with Gasteiger partial charge in [-0.25, -0.2) is 4.98 Å². The van der Waals surface area contributed by atoms with Gasteiger partial charge in [0.15, 0.2) is 5.13 Å². The van der Waals surface area contributed by atoms with Gasteiger partial charge in [0.1, 0.15) is 5.76 Å². The smallest absolute Gasteiger partial charge is 0.185 e. The van der Waals surface area contributed by atoms with Gasteiger partial charge in [0.25, 0.3) is 0 Å². The van der Waals surface area contributed by atoms with Crippen molar-refractivity contribution >= 4 is 16.5 Å². The molecule has 2 aromatic heterocycles. The molecule has 0 saturated carbocycles. The lowest BCUT2D eigenvalue weighted by molar-refractivity contribution is 0.146. The van der Waals surface area contributed by atoms with Crippen LogP contribution in [0.15, 0.2) is 34.4 Å². The fraction of sp³-hybridized carbons (Fsp3) is 0.500. The molecule has 0 amide bonds. The summed E-state index contributed by atoms with van der Waals surface area (Å²) in [7, 11) is 0. The zero-order valence-corrected chi connectivity index (χ0v) is 12.4. The molecule has 5 nitrogen and oxygen atoms in total. The Morgan fingerprint density at radius 3 is 2.70 bits per heavy atom. The van der Waals surface area contributed by atoms with E-state index in [4.69, 9.17) is 10.2 Å². The number of anilines is 1. The van der Waals surface area contributed by atoms with Crippen LogP contribution in [0.3, 0.4) is 0 Å². The van der Waals surface area contributed by atoms with Gasteiger partial charge in [0.2, 0.25) is 0 Å². The summed E-state index contributed by atoms with van der Waals surface area (Å²) >= 11 is 1.70. The number of nitrogens with zero attached hydrogens (tertiary/aromatic N) is 3. The highest BCUT2D eigenvalue weighted by Crippen LogP contribution is 2.27. The van der Waals surface area contributed by atoms with Crippen LogP contribution in [-0.2, 0) is 0 Å². The van der Waals surface area contributed by atoms with Crippen LogP contribution in [0.2, 0.25) is 0 Å². The monoisotopic (exact) mass is 292 g/mol. The second-order valence-electron chi connectivity index (χ2n) is 5.16. The minimum Gasteiger partial charge on any atom is -0.468 e. The molecule has 3 heterocycles. The van der Waals surface area contributed by atoms with Crippen LogP contribution in [0, 0.1) is 0 Å². The number of piperazine rings is 1. The predicted octanol–water partition coefficient (Wildman–Crippen LogP) is 1.95. The molecule has 2 atom stereocenters. The van der Waals surface area contributed by atoms with Crippen molar-refractivity contribution < 1.29 is 4.42 Å². The molecule has 2 aromatic rings. The van der Waals surface area contributed by atoms with Gasteiger partial charge in [0, 0.05) is 43.8 Å². The Bertz CT molecular complexity index is 503. The molecule has 20 heavy (non-hydrogen) atoms. The van der Waals surface area contributed by atoms with Gasteiger partial charge in [0.05, 0.1) is 12.3 Å². The van der Waals surface area contributed by atoms with Crippen molar-refractivity contribution in [2.45, 2.75) is 19.0 Å². The normalized spacial score (nSPS) is 20.0. The largest absolute Gasteiger partial charge is 0.468 e. The van der Waals surface area contributed by atoms with Gasteiger partial charge in [-0.05, 0) is 19.1 Å². The fourth-order valence-electron chi connectivity index (χ4n) is 2.79. The molecule has 6 heteroatoms. The first kappa shape index (κ1) is 13.6. The summed E-state index contributed by atoms with van der Waals surface area (Å²) in [6.45, 7) is 5.97. The molecule has 0 aromatic carbocycles. The Morgan fingerprint density at radius 2 is 2.15 bits per heavy atom. The lowest BCUT2D eigenvalue weighted by Gasteiger charge is -2.39. The van der Waals surface area contributed by atoms with Crippen LogP contribution in [-0.4, -0.2) is 42.1 Å². The van der Waals surface area contributed by atoms with Gasteiger partial charge in [-0.15, -0.1) is 11.3 Å². The Balaban J connectivity index is 1.67. The maximum atomic E-state index is 6.16. The zero-order valence-electron chi connectivity index (χ0n) is 11.6. The lowest BCUT2D eigenvalue weighted by Crippen LogP contribution is -2.50. The summed E-state index contributed by atoms with van der Waals surface area (Å²) in [5, 5.41) is 3.13. The SMILES string of the molecule is CC(N)C(c1ccco1)N1CCN(c2nccs2)CC1. The Kier molecular flexibility index (Phi) is 4.05. The molecule has 1 aliphatic heterocycles. The van der Waals surface area contributed by atoms with Gasteiger partial charge in [-0.2, -0.15) is 0 Å². The van der Waals surface area contributed by atoms with Crippen molar-refractivity contribution in [1.29, 1.82) is 0 Å². The first-order chi connectivity index (χ1) is 9.75. The summed E-state index contributed by atoms with van der Waals surface area (Å²) in [6.07, 6.45) is 3.58. The molecule has 0 bridgehead atoms. The van der Waals surface area contributed by atoms with Crippen molar-refractivity contribution in [3.63, 3.8) is 0 Å². The first-order valence-electron chi connectivity index (χ1n) is 6.93. The standard InChI is InChI=1S/C14H20N4OS/c1-11(15)13(12-3-2-9-19-12)17-5-7-18(8-6-17)14-16-4-10-20-14/h2-4,9-11,13H,5-8,15H2,1H3. The third kappa shape index (κ3) is 2.72. The highest BCUT2D eigenvalue weighted by molar-refractivity contribution is 7.13. The average molecular weight is 292 g/mol.